The van der Waals surface area contributed by atoms with Gasteiger partial charge in [-0.1, -0.05) is 0 Å². The number of nitrogen functional groups attached to an aromatic ring is 1. The van der Waals surface area contributed by atoms with E-state index in [0.29, 0.717) is 19.5 Å². The molecule has 0 aliphatic carbocycles. The van der Waals surface area contributed by atoms with Gasteiger partial charge in [-0.25, -0.2) is 13.4 Å². The van der Waals surface area contributed by atoms with Crippen molar-refractivity contribution in [2.75, 3.05) is 25.4 Å². The number of aliphatic hydroxyl groups excluding tert-OH is 1. The molecular formula is C9H16N4O3S. The molecule has 1 aliphatic rings. The summed E-state index contributed by atoms with van der Waals surface area (Å²) < 4.78 is 27.4. The molecule has 0 saturated carbocycles. The fraction of sp³-hybridized carbons (Fsp3) is 0.667. The van der Waals surface area contributed by atoms with Crippen LogP contribution in [0.4, 0.5) is 5.82 Å². The minimum Gasteiger partial charge on any atom is -0.396 e. The first-order valence-electron chi connectivity index (χ1n) is 5.34. The number of rotatable bonds is 3. The number of anilines is 1. The third-order valence-electron chi connectivity index (χ3n) is 3.00. The molecule has 3 N–H and O–H groups in total. The van der Waals surface area contributed by atoms with Crippen molar-refractivity contribution in [3.05, 3.63) is 6.33 Å². The zero-order chi connectivity index (χ0) is 12.6. The lowest BCUT2D eigenvalue weighted by atomic mass is 10.1. The quantitative estimate of drug-likeness (QED) is 0.726. The number of nitrogens with two attached hydrogens (primary N) is 1. The van der Waals surface area contributed by atoms with E-state index in [2.05, 4.69) is 4.98 Å². The molecule has 1 aromatic heterocycles. The van der Waals surface area contributed by atoms with Crippen LogP contribution in [0.3, 0.4) is 0 Å². The van der Waals surface area contributed by atoms with Gasteiger partial charge in [-0.05, 0) is 12.3 Å². The van der Waals surface area contributed by atoms with E-state index in [0.717, 1.165) is 0 Å². The van der Waals surface area contributed by atoms with E-state index in [4.69, 9.17) is 10.8 Å². The fourth-order valence-electron chi connectivity index (χ4n) is 2.04. The Morgan fingerprint density at radius 1 is 1.65 bits per heavy atom. The second-order valence-electron chi connectivity index (χ2n) is 4.25. The summed E-state index contributed by atoms with van der Waals surface area (Å²) in [6.07, 6.45) is 2.05. The largest absolute Gasteiger partial charge is 0.396 e. The molecule has 1 aromatic rings. The molecule has 8 heteroatoms. The van der Waals surface area contributed by atoms with Gasteiger partial charge in [-0.2, -0.15) is 4.31 Å². The van der Waals surface area contributed by atoms with Gasteiger partial charge >= 0.3 is 0 Å². The third-order valence-corrected chi connectivity index (χ3v) is 5.00. The molecule has 1 fully saturated rings. The van der Waals surface area contributed by atoms with Gasteiger partial charge in [0.2, 0.25) is 0 Å². The first-order chi connectivity index (χ1) is 7.96. The zero-order valence-electron chi connectivity index (χ0n) is 9.57. The zero-order valence-corrected chi connectivity index (χ0v) is 10.4. The standard InChI is InChI=1S/C9H16N4O3S/c1-12-6-11-8(10)9(12)17(15,16)13-3-2-7(4-13)5-14/h6-7,14H,2-5,10H2,1H3. The second-order valence-corrected chi connectivity index (χ2v) is 6.10. The van der Waals surface area contributed by atoms with Crippen LogP contribution in [-0.2, 0) is 17.1 Å². The predicted octanol–water partition coefficient (Wildman–Crippen LogP) is -0.995. The number of nitrogens with zero attached hydrogens (tertiary/aromatic N) is 3. The number of imidazole rings is 1. The summed E-state index contributed by atoms with van der Waals surface area (Å²) in [4.78, 5) is 3.78. The lowest BCUT2D eigenvalue weighted by Gasteiger charge is -2.16. The third kappa shape index (κ3) is 2.03. The van der Waals surface area contributed by atoms with Crippen LogP contribution in [-0.4, -0.2) is 47.1 Å². The lowest BCUT2D eigenvalue weighted by molar-refractivity contribution is 0.233. The van der Waals surface area contributed by atoms with Crippen molar-refractivity contribution >= 4 is 15.8 Å². The number of aromatic nitrogens is 2. The first-order valence-corrected chi connectivity index (χ1v) is 6.78. The molecule has 17 heavy (non-hydrogen) atoms. The summed E-state index contributed by atoms with van der Waals surface area (Å²) in [5, 5.41) is 9.05. The van der Waals surface area contributed by atoms with E-state index in [1.807, 2.05) is 0 Å². The van der Waals surface area contributed by atoms with Crippen LogP contribution in [0.1, 0.15) is 6.42 Å². The molecule has 2 heterocycles. The highest BCUT2D eigenvalue weighted by Crippen LogP contribution is 2.26. The molecule has 96 valence electrons. The van der Waals surface area contributed by atoms with Gasteiger partial charge in [0.1, 0.15) is 0 Å². The van der Waals surface area contributed by atoms with Crippen molar-refractivity contribution in [2.45, 2.75) is 11.4 Å². The maximum absolute atomic E-state index is 12.3. The first kappa shape index (κ1) is 12.3. The van der Waals surface area contributed by atoms with E-state index >= 15 is 0 Å². The van der Waals surface area contributed by atoms with Crippen molar-refractivity contribution in [3.63, 3.8) is 0 Å². The molecule has 1 unspecified atom stereocenters. The predicted molar refractivity (Wildman–Crippen MR) is 61.6 cm³/mol. The molecular weight excluding hydrogens is 244 g/mol. The Morgan fingerprint density at radius 2 is 2.35 bits per heavy atom. The van der Waals surface area contributed by atoms with Gasteiger partial charge in [-0.15, -0.1) is 0 Å². The molecule has 0 amide bonds. The Hall–Kier alpha value is -1.12. The van der Waals surface area contributed by atoms with Crippen molar-refractivity contribution < 1.29 is 13.5 Å². The molecule has 0 radical (unpaired) electrons. The van der Waals surface area contributed by atoms with Gasteiger partial charge < -0.3 is 15.4 Å². The highest BCUT2D eigenvalue weighted by Gasteiger charge is 2.35. The Bertz CT molecular complexity index is 491. The van der Waals surface area contributed by atoms with E-state index < -0.39 is 10.0 Å². The maximum atomic E-state index is 12.3. The van der Waals surface area contributed by atoms with Crippen molar-refractivity contribution in [1.82, 2.24) is 13.9 Å². The minimum atomic E-state index is -3.60. The van der Waals surface area contributed by atoms with Gasteiger partial charge in [0.15, 0.2) is 10.8 Å². The Balaban J connectivity index is 2.32. The van der Waals surface area contributed by atoms with Crippen LogP contribution < -0.4 is 5.73 Å². The van der Waals surface area contributed by atoms with E-state index in [9.17, 15) is 8.42 Å². The molecule has 1 atom stereocenters. The molecule has 7 nitrogen and oxygen atoms in total. The van der Waals surface area contributed by atoms with Crippen molar-refractivity contribution in [1.29, 1.82) is 0 Å². The molecule has 0 spiro atoms. The Labute approximate surface area is 99.9 Å². The summed E-state index contributed by atoms with van der Waals surface area (Å²) in [5.41, 5.74) is 5.58. The van der Waals surface area contributed by atoms with Crippen molar-refractivity contribution in [2.24, 2.45) is 13.0 Å². The SMILES string of the molecule is Cn1cnc(N)c1S(=O)(=O)N1CCC(CO)C1. The Morgan fingerprint density at radius 3 is 2.82 bits per heavy atom. The van der Waals surface area contributed by atoms with Crippen molar-refractivity contribution in [3.8, 4) is 0 Å². The topological polar surface area (TPSA) is 101 Å². The monoisotopic (exact) mass is 260 g/mol. The van der Waals surface area contributed by atoms with E-state index in [-0.39, 0.29) is 23.4 Å². The molecule has 1 aliphatic heterocycles. The van der Waals surface area contributed by atoms with E-state index in [1.165, 1.54) is 15.2 Å². The van der Waals surface area contributed by atoms with Gasteiger partial charge in [0, 0.05) is 26.7 Å². The van der Waals surface area contributed by atoms with Crippen LogP contribution in [0.2, 0.25) is 0 Å². The van der Waals surface area contributed by atoms with Gasteiger partial charge in [-0.3, -0.25) is 0 Å². The Kier molecular flexibility index (Phi) is 3.11. The highest BCUT2D eigenvalue weighted by atomic mass is 32.2. The maximum Gasteiger partial charge on any atom is 0.262 e. The van der Waals surface area contributed by atoms with Gasteiger partial charge in [0.05, 0.1) is 6.33 Å². The fourth-order valence-corrected chi connectivity index (χ4v) is 3.76. The normalized spacial score (nSPS) is 22.1. The number of hydrogen-bond acceptors (Lipinski definition) is 5. The molecule has 0 bridgehead atoms. The summed E-state index contributed by atoms with van der Waals surface area (Å²) >= 11 is 0. The highest BCUT2D eigenvalue weighted by molar-refractivity contribution is 7.89. The van der Waals surface area contributed by atoms with Crippen LogP contribution in [0, 0.1) is 5.92 Å². The number of sulfonamides is 1. The molecule has 0 aromatic carbocycles. The molecule has 2 rings (SSSR count). The number of hydrogen-bond donors (Lipinski definition) is 2. The summed E-state index contributed by atoms with van der Waals surface area (Å²) in [6, 6.07) is 0. The summed E-state index contributed by atoms with van der Waals surface area (Å²) in [6.45, 7) is 0.758. The summed E-state index contributed by atoms with van der Waals surface area (Å²) in [5.74, 6) is 0.0270. The number of aliphatic hydroxyl groups is 1. The summed E-state index contributed by atoms with van der Waals surface area (Å²) in [7, 11) is -2.01. The average molecular weight is 260 g/mol. The van der Waals surface area contributed by atoms with Crippen LogP contribution in [0.5, 0.6) is 0 Å². The van der Waals surface area contributed by atoms with E-state index in [1.54, 1.807) is 7.05 Å². The van der Waals surface area contributed by atoms with Gasteiger partial charge in [0.25, 0.3) is 10.0 Å². The van der Waals surface area contributed by atoms with Crippen LogP contribution in [0.25, 0.3) is 0 Å². The molecule has 1 saturated heterocycles. The second kappa shape index (κ2) is 4.28. The smallest absolute Gasteiger partial charge is 0.262 e. The minimum absolute atomic E-state index is 0.00683. The lowest BCUT2D eigenvalue weighted by Crippen LogP contribution is -2.31. The number of aryl methyl sites for hydroxylation is 1. The van der Waals surface area contributed by atoms with Crippen LogP contribution >= 0.6 is 0 Å². The van der Waals surface area contributed by atoms with Crippen LogP contribution in [0.15, 0.2) is 11.4 Å². The average Bonchev–Trinajstić information content (AvgIpc) is 2.85.